The maximum absolute atomic E-state index is 12.6. The molecule has 0 saturated carbocycles. The number of carbonyl (C=O) groups is 1. The molecular weight excluding hydrogens is 368 g/mol. The highest BCUT2D eigenvalue weighted by molar-refractivity contribution is 6.30. The van der Waals surface area contributed by atoms with Crippen LogP contribution < -0.4 is 0 Å². The van der Waals surface area contributed by atoms with Crippen LogP contribution >= 0.6 is 11.6 Å². The minimum Gasteiger partial charge on any atom is -0.385 e. The fraction of sp³-hybridized carbons (Fsp3) is 0.263. The number of pyridine rings is 1. The Balaban J connectivity index is 1.44. The Kier molecular flexibility index (Phi) is 4.63. The van der Waals surface area contributed by atoms with E-state index >= 15 is 0 Å². The van der Waals surface area contributed by atoms with Crippen molar-refractivity contribution < 1.29 is 14.4 Å². The largest absolute Gasteiger partial charge is 0.385 e. The summed E-state index contributed by atoms with van der Waals surface area (Å²) >= 11 is 5.91. The lowest BCUT2D eigenvalue weighted by atomic mass is 9.84. The molecule has 1 saturated heterocycles. The second kappa shape index (κ2) is 7.09. The predicted molar refractivity (Wildman–Crippen MR) is 98.0 cm³/mol. The first kappa shape index (κ1) is 17.6. The average molecular weight is 385 g/mol. The van der Waals surface area contributed by atoms with Crippen molar-refractivity contribution in [2.45, 2.75) is 18.4 Å². The van der Waals surface area contributed by atoms with E-state index in [1.807, 2.05) is 18.2 Å². The summed E-state index contributed by atoms with van der Waals surface area (Å²) in [6, 6.07) is 12.5. The molecule has 0 spiro atoms. The van der Waals surface area contributed by atoms with E-state index in [2.05, 4.69) is 15.1 Å². The average Bonchev–Trinajstić information content (AvgIpc) is 3.19. The van der Waals surface area contributed by atoms with Crippen LogP contribution in [0.15, 0.2) is 53.2 Å². The first-order valence-electron chi connectivity index (χ1n) is 8.58. The van der Waals surface area contributed by atoms with Crippen molar-refractivity contribution in [1.82, 2.24) is 20.0 Å². The highest BCUT2D eigenvalue weighted by Gasteiger charge is 2.36. The van der Waals surface area contributed by atoms with E-state index in [4.69, 9.17) is 16.1 Å². The predicted octanol–water partition coefficient (Wildman–Crippen LogP) is 2.91. The van der Waals surface area contributed by atoms with Crippen LogP contribution in [0.25, 0.3) is 11.5 Å². The normalized spacial score (nSPS) is 16.3. The van der Waals surface area contributed by atoms with Crippen molar-refractivity contribution in [3.63, 3.8) is 0 Å². The Morgan fingerprint density at radius 3 is 2.56 bits per heavy atom. The molecule has 2 aromatic heterocycles. The topological polar surface area (TPSA) is 92.3 Å². The van der Waals surface area contributed by atoms with Gasteiger partial charge in [-0.05, 0) is 42.7 Å². The van der Waals surface area contributed by atoms with Gasteiger partial charge < -0.3 is 14.5 Å². The van der Waals surface area contributed by atoms with Gasteiger partial charge in [-0.25, -0.2) is 0 Å². The Labute approximate surface area is 160 Å². The van der Waals surface area contributed by atoms with Crippen molar-refractivity contribution in [2.24, 2.45) is 0 Å². The lowest BCUT2D eigenvalue weighted by Crippen LogP contribution is -2.45. The molecule has 0 aliphatic carbocycles. The molecule has 0 unspecified atom stereocenters. The molecule has 27 heavy (non-hydrogen) atoms. The van der Waals surface area contributed by atoms with Gasteiger partial charge in [-0.2, -0.15) is 4.98 Å². The van der Waals surface area contributed by atoms with Crippen LogP contribution in [-0.4, -0.2) is 44.1 Å². The van der Waals surface area contributed by atoms with E-state index in [-0.39, 0.29) is 17.6 Å². The number of hydrogen-bond acceptors (Lipinski definition) is 6. The Bertz CT molecular complexity index is 935. The highest BCUT2D eigenvalue weighted by atomic mass is 35.5. The van der Waals surface area contributed by atoms with Gasteiger partial charge in [0.15, 0.2) is 0 Å². The quantitative estimate of drug-likeness (QED) is 0.746. The molecule has 138 valence electrons. The second-order valence-corrected chi connectivity index (χ2v) is 6.91. The Morgan fingerprint density at radius 1 is 1.15 bits per heavy atom. The summed E-state index contributed by atoms with van der Waals surface area (Å²) in [5.41, 5.74) is 0.361. The van der Waals surface area contributed by atoms with Crippen molar-refractivity contribution >= 4 is 17.5 Å². The summed E-state index contributed by atoms with van der Waals surface area (Å²) in [6.07, 6.45) is 2.46. The summed E-state index contributed by atoms with van der Waals surface area (Å²) in [5, 5.41) is 15.4. The molecule has 0 bridgehead atoms. The molecule has 7 nitrogen and oxygen atoms in total. The van der Waals surface area contributed by atoms with Gasteiger partial charge >= 0.3 is 11.8 Å². The van der Waals surface area contributed by atoms with Crippen LogP contribution in [0.5, 0.6) is 0 Å². The van der Waals surface area contributed by atoms with Crippen molar-refractivity contribution in [3.05, 3.63) is 65.1 Å². The lowest BCUT2D eigenvalue weighted by Gasteiger charge is -2.38. The van der Waals surface area contributed by atoms with E-state index in [9.17, 15) is 9.90 Å². The van der Waals surface area contributed by atoms with E-state index in [0.717, 1.165) is 5.56 Å². The Morgan fingerprint density at radius 2 is 1.89 bits per heavy atom. The van der Waals surface area contributed by atoms with E-state index < -0.39 is 5.60 Å². The number of aromatic nitrogens is 3. The third-order valence-electron chi connectivity index (χ3n) is 4.76. The molecule has 4 rings (SSSR count). The van der Waals surface area contributed by atoms with Gasteiger partial charge in [-0.1, -0.05) is 35.0 Å². The number of aliphatic hydroxyl groups is 1. The van der Waals surface area contributed by atoms with Crippen LogP contribution in [0.3, 0.4) is 0 Å². The summed E-state index contributed by atoms with van der Waals surface area (Å²) in [4.78, 5) is 22.5. The first-order valence-corrected chi connectivity index (χ1v) is 8.96. The molecule has 0 atom stereocenters. The zero-order valence-electron chi connectivity index (χ0n) is 14.4. The zero-order chi connectivity index (χ0) is 18.9. The Hall–Kier alpha value is -2.77. The number of benzene rings is 1. The molecule has 1 fully saturated rings. The van der Waals surface area contributed by atoms with E-state index in [1.54, 1.807) is 35.4 Å². The molecule has 1 aliphatic rings. The maximum atomic E-state index is 12.6. The molecule has 1 aromatic carbocycles. The van der Waals surface area contributed by atoms with Crippen LogP contribution in [0.2, 0.25) is 5.02 Å². The number of halogens is 1. The van der Waals surface area contributed by atoms with Crippen molar-refractivity contribution in [3.8, 4) is 11.5 Å². The fourth-order valence-corrected chi connectivity index (χ4v) is 3.30. The van der Waals surface area contributed by atoms with Gasteiger partial charge in [0, 0.05) is 24.3 Å². The molecule has 1 aliphatic heterocycles. The number of amides is 1. The number of piperidine rings is 1. The lowest BCUT2D eigenvalue weighted by molar-refractivity contribution is -0.0220. The molecule has 8 heteroatoms. The van der Waals surface area contributed by atoms with Gasteiger partial charge in [0.2, 0.25) is 5.82 Å². The van der Waals surface area contributed by atoms with Gasteiger partial charge in [-0.3, -0.25) is 9.78 Å². The number of nitrogens with zero attached hydrogens (tertiary/aromatic N) is 4. The first-order chi connectivity index (χ1) is 13.0. The third kappa shape index (κ3) is 3.56. The zero-order valence-corrected chi connectivity index (χ0v) is 15.1. The number of rotatable bonds is 3. The number of likely N-dealkylation sites (tertiary alicyclic amines) is 1. The highest BCUT2D eigenvalue weighted by Crippen LogP contribution is 2.33. The minimum atomic E-state index is -0.977. The number of hydrogen-bond donors (Lipinski definition) is 1. The molecule has 3 heterocycles. The molecule has 1 amide bonds. The smallest absolute Gasteiger partial charge is 0.316 e. The second-order valence-electron chi connectivity index (χ2n) is 6.47. The van der Waals surface area contributed by atoms with Gasteiger partial charge in [-0.15, -0.1) is 0 Å². The minimum absolute atomic E-state index is 0.0763. The molecular formula is C19H17ClN4O3. The fourth-order valence-electron chi connectivity index (χ4n) is 3.17. The van der Waals surface area contributed by atoms with Crippen LogP contribution in [0.1, 0.15) is 29.1 Å². The van der Waals surface area contributed by atoms with Crippen LogP contribution in [0, 0.1) is 0 Å². The van der Waals surface area contributed by atoms with Crippen molar-refractivity contribution in [2.75, 3.05) is 13.1 Å². The summed E-state index contributed by atoms with van der Waals surface area (Å²) in [5.74, 6) is -0.149. The SMILES string of the molecule is O=C(c1nc(-c2ccccn2)no1)N1CCC(O)(c2ccc(Cl)cc2)CC1. The maximum Gasteiger partial charge on any atom is 0.316 e. The van der Waals surface area contributed by atoms with Gasteiger partial charge in [0.05, 0.1) is 5.60 Å². The molecule has 1 N–H and O–H groups in total. The van der Waals surface area contributed by atoms with E-state index in [1.165, 1.54) is 0 Å². The molecule has 3 aromatic rings. The standard InChI is InChI=1S/C19H17ClN4O3/c20-14-6-4-13(5-7-14)19(26)8-11-24(12-9-19)18(25)17-22-16(23-27-17)15-3-1-2-10-21-15/h1-7,10,26H,8-9,11-12H2. The van der Waals surface area contributed by atoms with E-state index in [0.29, 0.717) is 36.6 Å². The van der Waals surface area contributed by atoms with Gasteiger partial charge in [0.1, 0.15) is 5.69 Å². The van der Waals surface area contributed by atoms with Crippen LogP contribution in [0.4, 0.5) is 0 Å². The monoisotopic (exact) mass is 384 g/mol. The summed E-state index contributed by atoms with van der Waals surface area (Å²) in [7, 11) is 0. The molecule has 0 radical (unpaired) electrons. The van der Waals surface area contributed by atoms with Crippen LogP contribution in [-0.2, 0) is 5.60 Å². The third-order valence-corrected chi connectivity index (χ3v) is 5.01. The van der Waals surface area contributed by atoms with Crippen molar-refractivity contribution in [1.29, 1.82) is 0 Å². The summed E-state index contributed by atoms with van der Waals surface area (Å²) < 4.78 is 5.11. The van der Waals surface area contributed by atoms with Gasteiger partial charge in [0.25, 0.3) is 0 Å². The number of carbonyl (C=O) groups excluding carboxylic acids is 1. The summed E-state index contributed by atoms with van der Waals surface area (Å²) in [6.45, 7) is 0.776.